The molecular formula is C25H26F2N2O5. The number of ketones is 1. The van der Waals surface area contributed by atoms with Gasteiger partial charge in [-0.2, -0.15) is 8.78 Å². The average molecular weight is 472 g/mol. The molecular weight excluding hydrogens is 446 g/mol. The van der Waals surface area contributed by atoms with Crippen molar-refractivity contribution in [2.45, 2.75) is 44.8 Å². The Morgan fingerprint density at radius 1 is 1.24 bits per heavy atom. The Balaban J connectivity index is 1.46. The highest BCUT2D eigenvalue weighted by molar-refractivity contribution is 6.02. The van der Waals surface area contributed by atoms with E-state index in [2.05, 4.69) is 4.98 Å². The Morgan fingerprint density at radius 3 is 2.76 bits per heavy atom. The second kappa shape index (κ2) is 9.58. The summed E-state index contributed by atoms with van der Waals surface area (Å²) in [6, 6.07) is 6.72. The number of imidazole rings is 1. The first kappa shape index (κ1) is 22.6. The summed E-state index contributed by atoms with van der Waals surface area (Å²) in [5.41, 5.74) is 1.86. The highest BCUT2D eigenvalue weighted by atomic mass is 19.3. The molecule has 2 fully saturated rings. The number of aromatic nitrogens is 2. The number of hydrogen-bond acceptors (Lipinski definition) is 6. The number of alkyl halides is 2. The first-order valence-corrected chi connectivity index (χ1v) is 11.4. The maximum atomic E-state index is 13.2. The van der Waals surface area contributed by atoms with E-state index < -0.39 is 6.61 Å². The van der Waals surface area contributed by atoms with Crippen LogP contribution in [0.15, 0.2) is 36.7 Å². The third-order valence-corrected chi connectivity index (χ3v) is 6.19. The second-order valence-corrected chi connectivity index (χ2v) is 8.68. The predicted octanol–water partition coefficient (Wildman–Crippen LogP) is 5.15. The van der Waals surface area contributed by atoms with Crippen molar-refractivity contribution in [3.05, 3.63) is 42.2 Å². The van der Waals surface area contributed by atoms with Crippen molar-refractivity contribution >= 4 is 11.4 Å². The number of fused-ring (bicyclic) bond motifs is 1. The smallest absolute Gasteiger partial charge is 0.387 e. The monoisotopic (exact) mass is 472 g/mol. The van der Waals surface area contributed by atoms with Gasteiger partial charge in [-0.15, -0.1) is 0 Å². The molecule has 1 atom stereocenters. The molecule has 2 aromatic heterocycles. The fourth-order valence-electron chi connectivity index (χ4n) is 4.28. The Bertz CT molecular complexity index is 1190. The number of carbonyl (C=O) groups excluding carboxylic acids is 1. The first-order chi connectivity index (χ1) is 16.5. The molecule has 5 rings (SSSR count). The number of carbonyl (C=O) groups is 1. The number of rotatable bonds is 10. The minimum absolute atomic E-state index is 0.0529. The van der Waals surface area contributed by atoms with Crippen molar-refractivity contribution in [3.8, 4) is 28.5 Å². The zero-order chi connectivity index (χ0) is 23.7. The first-order valence-electron chi connectivity index (χ1n) is 11.4. The summed E-state index contributed by atoms with van der Waals surface area (Å²) in [6.07, 6.45) is 7.80. The Kier molecular flexibility index (Phi) is 6.36. The lowest BCUT2D eigenvalue weighted by Crippen LogP contribution is -2.16. The number of hydrogen-bond donors (Lipinski definition) is 0. The number of methoxy groups -OCH3 is 1. The molecule has 1 aliphatic heterocycles. The highest BCUT2D eigenvalue weighted by Crippen LogP contribution is 2.40. The van der Waals surface area contributed by atoms with Gasteiger partial charge >= 0.3 is 6.61 Å². The second-order valence-electron chi connectivity index (χ2n) is 8.68. The molecule has 0 radical (unpaired) electrons. The largest absolute Gasteiger partial charge is 0.496 e. The molecule has 1 saturated carbocycles. The van der Waals surface area contributed by atoms with Gasteiger partial charge < -0.3 is 18.9 Å². The van der Waals surface area contributed by atoms with Gasteiger partial charge in [-0.05, 0) is 49.8 Å². The van der Waals surface area contributed by atoms with Crippen molar-refractivity contribution in [3.63, 3.8) is 0 Å². The fraction of sp³-hybridized carbons (Fsp3) is 0.440. The van der Waals surface area contributed by atoms with E-state index in [0.29, 0.717) is 41.6 Å². The maximum Gasteiger partial charge on any atom is 0.387 e. The molecule has 3 heterocycles. The van der Waals surface area contributed by atoms with Crippen LogP contribution in [0.1, 0.15) is 42.5 Å². The summed E-state index contributed by atoms with van der Waals surface area (Å²) < 4.78 is 49.9. The number of halogens is 2. The summed E-state index contributed by atoms with van der Waals surface area (Å²) in [7, 11) is 1.41. The minimum Gasteiger partial charge on any atom is -0.496 e. The van der Waals surface area contributed by atoms with Crippen LogP contribution in [0.25, 0.3) is 16.9 Å². The molecule has 0 spiro atoms. The maximum absolute atomic E-state index is 13.2. The summed E-state index contributed by atoms with van der Waals surface area (Å²) in [5.74, 6) is 0.714. The van der Waals surface area contributed by atoms with Gasteiger partial charge in [0.1, 0.15) is 35.1 Å². The van der Waals surface area contributed by atoms with Crippen molar-refractivity contribution < 1.29 is 32.5 Å². The molecule has 1 unspecified atom stereocenters. The lowest BCUT2D eigenvalue weighted by Gasteiger charge is -2.16. The standard InChI is InChI=1S/C25H26F2N2O5/c1-31-21-10-16(11-22(34-25(26)27)24(21)20(30)9-15-4-5-15)19-13-28-23-12-17(6-7-29(19)23)33-14-18-3-2-8-32-18/h6-7,10-13,15,18,25H,2-5,8-9,14H2,1H3. The van der Waals surface area contributed by atoms with Crippen LogP contribution in [-0.2, 0) is 4.74 Å². The van der Waals surface area contributed by atoms with Gasteiger partial charge in [0.05, 0.1) is 25.1 Å². The van der Waals surface area contributed by atoms with E-state index in [-0.39, 0.29) is 28.9 Å². The zero-order valence-corrected chi connectivity index (χ0v) is 18.8. The minimum atomic E-state index is -3.07. The van der Waals surface area contributed by atoms with E-state index >= 15 is 0 Å². The van der Waals surface area contributed by atoms with Crippen molar-refractivity contribution in [2.24, 2.45) is 5.92 Å². The normalized spacial score (nSPS) is 17.9. The molecule has 9 heteroatoms. The molecule has 7 nitrogen and oxygen atoms in total. The summed E-state index contributed by atoms with van der Waals surface area (Å²) >= 11 is 0. The summed E-state index contributed by atoms with van der Waals surface area (Å²) in [5, 5.41) is 0. The number of benzene rings is 1. The average Bonchev–Trinajstić information content (AvgIpc) is 3.30. The molecule has 2 aliphatic rings. The summed E-state index contributed by atoms with van der Waals surface area (Å²) in [6.45, 7) is -1.83. The summed E-state index contributed by atoms with van der Waals surface area (Å²) in [4.78, 5) is 17.3. The lowest BCUT2D eigenvalue weighted by atomic mass is 10.00. The highest BCUT2D eigenvalue weighted by Gasteiger charge is 2.30. The van der Waals surface area contributed by atoms with Gasteiger partial charge in [-0.25, -0.2) is 4.98 Å². The van der Waals surface area contributed by atoms with E-state index in [1.165, 1.54) is 13.2 Å². The van der Waals surface area contributed by atoms with E-state index in [4.69, 9.17) is 18.9 Å². The predicted molar refractivity (Wildman–Crippen MR) is 120 cm³/mol. The van der Waals surface area contributed by atoms with Gasteiger partial charge in [0.25, 0.3) is 0 Å². The quantitative estimate of drug-likeness (QED) is 0.380. The SMILES string of the molecule is COc1cc(-c2cnc3cc(OCC4CCCO4)ccn23)cc(OC(F)F)c1C(=O)CC1CC1. The van der Waals surface area contributed by atoms with Crippen molar-refractivity contribution in [1.82, 2.24) is 9.38 Å². The van der Waals surface area contributed by atoms with E-state index in [0.717, 1.165) is 32.3 Å². The van der Waals surface area contributed by atoms with Crippen LogP contribution >= 0.6 is 0 Å². The molecule has 0 N–H and O–H groups in total. The van der Waals surface area contributed by atoms with Gasteiger partial charge in [0.15, 0.2) is 5.78 Å². The fourth-order valence-corrected chi connectivity index (χ4v) is 4.28. The molecule has 3 aromatic rings. The number of pyridine rings is 1. The third kappa shape index (κ3) is 4.84. The molecule has 1 saturated heterocycles. The molecule has 1 aromatic carbocycles. The topological polar surface area (TPSA) is 71.3 Å². The molecule has 0 bridgehead atoms. The van der Waals surface area contributed by atoms with Crippen LogP contribution in [0.3, 0.4) is 0 Å². The zero-order valence-electron chi connectivity index (χ0n) is 18.8. The molecule has 1 aliphatic carbocycles. The number of Topliss-reactive ketones (excluding diaryl/α,β-unsaturated/α-hetero) is 1. The van der Waals surface area contributed by atoms with Gasteiger partial charge in [0, 0.05) is 30.9 Å². The van der Waals surface area contributed by atoms with Crippen molar-refractivity contribution in [2.75, 3.05) is 20.3 Å². The Hall–Kier alpha value is -3.20. The number of ether oxygens (including phenoxy) is 4. The van der Waals surface area contributed by atoms with E-state index in [1.807, 2.05) is 10.5 Å². The van der Waals surface area contributed by atoms with Crippen LogP contribution in [0.2, 0.25) is 0 Å². The van der Waals surface area contributed by atoms with Gasteiger partial charge in [-0.1, -0.05) is 0 Å². The van der Waals surface area contributed by atoms with Crippen LogP contribution in [0, 0.1) is 5.92 Å². The molecule has 0 amide bonds. The Morgan fingerprint density at radius 2 is 2.06 bits per heavy atom. The van der Waals surface area contributed by atoms with Gasteiger partial charge in [-0.3, -0.25) is 9.20 Å². The van der Waals surface area contributed by atoms with Crippen LogP contribution in [0.5, 0.6) is 17.2 Å². The van der Waals surface area contributed by atoms with E-state index in [1.54, 1.807) is 24.5 Å². The Labute approximate surface area is 195 Å². The van der Waals surface area contributed by atoms with Gasteiger partial charge in [0.2, 0.25) is 0 Å². The van der Waals surface area contributed by atoms with E-state index in [9.17, 15) is 13.6 Å². The molecule has 34 heavy (non-hydrogen) atoms. The third-order valence-electron chi connectivity index (χ3n) is 6.19. The van der Waals surface area contributed by atoms with Crippen LogP contribution in [0.4, 0.5) is 8.78 Å². The van der Waals surface area contributed by atoms with Crippen LogP contribution in [-0.4, -0.2) is 48.2 Å². The lowest BCUT2D eigenvalue weighted by molar-refractivity contribution is -0.0502. The van der Waals surface area contributed by atoms with Crippen molar-refractivity contribution in [1.29, 1.82) is 0 Å². The van der Waals surface area contributed by atoms with Crippen LogP contribution < -0.4 is 14.2 Å². The molecule has 180 valence electrons. The number of nitrogens with zero attached hydrogens (tertiary/aromatic N) is 2.